The molecule has 0 aliphatic carbocycles. The third kappa shape index (κ3) is 3.96. The number of carbonyl (C=O) groups excluding carboxylic acids is 2. The Kier molecular flexibility index (Phi) is 5.30. The number of esters is 1. The van der Waals surface area contributed by atoms with Crippen molar-refractivity contribution >= 4 is 39.2 Å². The second-order valence-corrected chi connectivity index (χ2v) is 5.81. The van der Waals surface area contributed by atoms with Crippen LogP contribution < -0.4 is 5.32 Å². The number of nitro benzene ring substituents is 1. The number of benzene rings is 2. The topological polar surface area (TPSA) is 98.5 Å². The largest absolute Gasteiger partial charge is 0.465 e. The van der Waals surface area contributed by atoms with E-state index < -0.39 is 16.8 Å². The lowest BCUT2D eigenvalue weighted by molar-refractivity contribution is -0.384. The first-order valence-corrected chi connectivity index (χ1v) is 7.56. The molecule has 0 saturated heterocycles. The van der Waals surface area contributed by atoms with Crippen LogP contribution in [-0.4, -0.2) is 23.9 Å². The molecule has 0 saturated carbocycles. The van der Waals surface area contributed by atoms with Crippen LogP contribution in [0, 0.1) is 17.0 Å². The van der Waals surface area contributed by atoms with Gasteiger partial charge >= 0.3 is 5.97 Å². The molecule has 2 aromatic rings. The van der Waals surface area contributed by atoms with Gasteiger partial charge in [-0.05, 0) is 46.6 Å². The molecular formula is C16H13BrN2O5. The SMILES string of the molecule is COC(=O)c1cc(C(=O)Nc2ccc(C)cc2Br)cc([N+](=O)[O-])c1. The number of ether oxygens (including phenoxy) is 1. The minimum Gasteiger partial charge on any atom is -0.465 e. The molecule has 0 atom stereocenters. The summed E-state index contributed by atoms with van der Waals surface area (Å²) >= 11 is 3.34. The van der Waals surface area contributed by atoms with Crippen LogP contribution in [0.3, 0.4) is 0 Å². The van der Waals surface area contributed by atoms with E-state index in [0.29, 0.717) is 10.2 Å². The number of methoxy groups -OCH3 is 1. The van der Waals surface area contributed by atoms with E-state index in [4.69, 9.17) is 0 Å². The number of non-ortho nitro benzene ring substituents is 1. The summed E-state index contributed by atoms with van der Waals surface area (Å²) in [5, 5.41) is 13.6. The highest BCUT2D eigenvalue weighted by Crippen LogP contribution is 2.25. The van der Waals surface area contributed by atoms with Crippen molar-refractivity contribution < 1.29 is 19.2 Å². The van der Waals surface area contributed by atoms with E-state index >= 15 is 0 Å². The molecule has 1 N–H and O–H groups in total. The first-order valence-electron chi connectivity index (χ1n) is 6.77. The molecule has 0 bridgehead atoms. The molecule has 0 fully saturated rings. The van der Waals surface area contributed by atoms with E-state index in [-0.39, 0.29) is 16.8 Å². The molecule has 124 valence electrons. The Balaban J connectivity index is 2.39. The smallest absolute Gasteiger partial charge is 0.338 e. The van der Waals surface area contributed by atoms with Gasteiger partial charge in [-0.25, -0.2) is 4.79 Å². The summed E-state index contributed by atoms with van der Waals surface area (Å²) in [5.41, 5.74) is 1.06. The number of amides is 1. The van der Waals surface area contributed by atoms with Crippen LogP contribution in [0.4, 0.5) is 11.4 Å². The van der Waals surface area contributed by atoms with Crippen molar-refractivity contribution in [2.24, 2.45) is 0 Å². The molecule has 8 heteroatoms. The fraction of sp³-hybridized carbons (Fsp3) is 0.125. The van der Waals surface area contributed by atoms with E-state index in [1.807, 2.05) is 19.1 Å². The van der Waals surface area contributed by atoms with Crippen molar-refractivity contribution in [3.63, 3.8) is 0 Å². The Morgan fingerprint density at radius 2 is 1.83 bits per heavy atom. The van der Waals surface area contributed by atoms with Gasteiger partial charge in [0.1, 0.15) is 0 Å². The third-order valence-electron chi connectivity index (χ3n) is 3.18. The summed E-state index contributed by atoms with van der Waals surface area (Å²) < 4.78 is 5.23. The molecule has 0 aliphatic heterocycles. The summed E-state index contributed by atoms with van der Waals surface area (Å²) in [6.45, 7) is 1.90. The molecule has 0 radical (unpaired) electrons. The van der Waals surface area contributed by atoms with Crippen molar-refractivity contribution in [3.8, 4) is 0 Å². The molecule has 0 unspecified atom stereocenters. The molecule has 0 spiro atoms. The monoisotopic (exact) mass is 392 g/mol. The average Bonchev–Trinajstić information content (AvgIpc) is 2.56. The summed E-state index contributed by atoms with van der Waals surface area (Å²) in [6, 6.07) is 8.75. The zero-order valence-electron chi connectivity index (χ0n) is 12.8. The van der Waals surface area contributed by atoms with E-state index in [0.717, 1.165) is 24.8 Å². The highest BCUT2D eigenvalue weighted by molar-refractivity contribution is 9.10. The number of nitrogens with one attached hydrogen (secondary N) is 1. The van der Waals surface area contributed by atoms with Gasteiger partial charge in [0, 0.05) is 22.2 Å². The number of rotatable bonds is 4. The van der Waals surface area contributed by atoms with Gasteiger partial charge in [-0.3, -0.25) is 14.9 Å². The molecule has 2 aromatic carbocycles. The summed E-state index contributed by atoms with van der Waals surface area (Å²) in [5.74, 6) is -1.34. The van der Waals surface area contributed by atoms with Gasteiger partial charge in [-0.1, -0.05) is 6.07 Å². The third-order valence-corrected chi connectivity index (χ3v) is 3.84. The fourth-order valence-electron chi connectivity index (χ4n) is 2.00. The minimum absolute atomic E-state index is 0.0166. The zero-order valence-corrected chi connectivity index (χ0v) is 14.4. The van der Waals surface area contributed by atoms with E-state index in [2.05, 4.69) is 26.0 Å². The van der Waals surface area contributed by atoms with Crippen LogP contribution in [0.5, 0.6) is 0 Å². The Morgan fingerprint density at radius 3 is 2.42 bits per heavy atom. The molecule has 0 heterocycles. The van der Waals surface area contributed by atoms with Crippen LogP contribution in [0.2, 0.25) is 0 Å². The number of aryl methyl sites for hydroxylation is 1. The van der Waals surface area contributed by atoms with Crippen LogP contribution in [0.1, 0.15) is 26.3 Å². The van der Waals surface area contributed by atoms with Gasteiger partial charge in [-0.2, -0.15) is 0 Å². The first kappa shape index (κ1) is 17.6. The second-order valence-electron chi connectivity index (χ2n) is 4.95. The van der Waals surface area contributed by atoms with Gasteiger partial charge in [0.25, 0.3) is 11.6 Å². The first-order chi connectivity index (χ1) is 11.3. The quantitative estimate of drug-likeness (QED) is 0.485. The Morgan fingerprint density at radius 1 is 1.17 bits per heavy atom. The predicted octanol–water partition coefficient (Wildman–Crippen LogP) is 3.70. The highest BCUT2D eigenvalue weighted by Gasteiger charge is 2.19. The molecule has 0 aliphatic rings. The molecule has 24 heavy (non-hydrogen) atoms. The van der Waals surface area contributed by atoms with Crippen LogP contribution in [-0.2, 0) is 4.74 Å². The maximum absolute atomic E-state index is 12.4. The fourth-order valence-corrected chi connectivity index (χ4v) is 2.59. The summed E-state index contributed by atoms with van der Waals surface area (Å²) in [4.78, 5) is 34.3. The van der Waals surface area contributed by atoms with Gasteiger partial charge in [0.05, 0.1) is 23.3 Å². The molecule has 7 nitrogen and oxygen atoms in total. The average molecular weight is 393 g/mol. The van der Waals surface area contributed by atoms with E-state index in [1.54, 1.807) is 6.07 Å². The number of nitro groups is 1. The van der Waals surface area contributed by atoms with E-state index in [9.17, 15) is 19.7 Å². The maximum Gasteiger partial charge on any atom is 0.338 e. The van der Waals surface area contributed by atoms with Crippen molar-refractivity contribution in [1.29, 1.82) is 0 Å². The summed E-state index contributed by atoms with van der Waals surface area (Å²) in [6.07, 6.45) is 0. The molecule has 2 rings (SSSR count). The van der Waals surface area contributed by atoms with Gasteiger partial charge in [0.15, 0.2) is 0 Å². The normalized spacial score (nSPS) is 10.1. The lowest BCUT2D eigenvalue weighted by Gasteiger charge is -2.09. The minimum atomic E-state index is -0.760. The Labute approximate surface area is 145 Å². The van der Waals surface area contributed by atoms with Crippen LogP contribution in [0.25, 0.3) is 0 Å². The number of halogens is 1. The van der Waals surface area contributed by atoms with Crippen LogP contribution >= 0.6 is 15.9 Å². The number of anilines is 1. The second kappa shape index (κ2) is 7.22. The Bertz CT molecular complexity index is 835. The Hall–Kier alpha value is -2.74. The number of carbonyl (C=O) groups is 2. The maximum atomic E-state index is 12.4. The van der Waals surface area contributed by atoms with Crippen molar-refractivity contribution in [2.75, 3.05) is 12.4 Å². The molecule has 1 amide bonds. The van der Waals surface area contributed by atoms with Gasteiger partial charge in [0.2, 0.25) is 0 Å². The van der Waals surface area contributed by atoms with Crippen molar-refractivity contribution in [3.05, 3.63) is 67.7 Å². The highest BCUT2D eigenvalue weighted by atomic mass is 79.9. The lowest BCUT2D eigenvalue weighted by Crippen LogP contribution is -2.14. The van der Waals surface area contributed by atoms with E-state index in [1.165, 1.54) is 6.07 Å². The number of hydrogen-bond donors (Lipinski definition) is 1. The number of hydrogen-bond acceptors (Lipinski definition) is 5. The van der Waals surface area contributed by atoms with Crippen molar-refractivity contribution in [2.45, 2.75) is 6.92 Å². The summed E-state index contributed by atoms with van der Waals surface area (Å²) in [7, 11) is 1.16. The van der Waals surface area contributed by atoms with Gasteiger partial charge < -0.3 is 10.1 Å². The number of nitrogens with zero attached hydrogens (tertiary/aromatic N) is 1. The van der Waals surface area contributed by atoms with Crippen molar-refractivity contribution in [1.82, 2.24) is 0 Å². The molecule has 0 aromatic heterocycles. The molecular weight excluding hydrogens is 380 g/mol. The predicted molar refractivity (Wildman–Crippen MR) is 91.3 cm³/mol. The van der Waals surface area contributed by atoms with Crippen LogP contribution in [0.15, 0.2) is 40.9 Å². The van der Waals surface area contributed by atoms with Gasteiger partial charge in [-0.15, -0.1) is 0 Å². The zero-order chi connectivity index (χ0) is 17.9. The standard InChI is InChI=1S/C16H13BrN2O5/c1-9-3-4-14(13(17)5-9)18-15(20)10-6-11(16(21)24-2)8-12(7-10)19(22)23/h3-8H,1-2H3,(H,18,20). The lowest BCUT2D eigenvalue weighted by atomic mass is 10.1.